The molecule has 0 aliphatic carbocycles. The highest BCUT2D eigenvalue weighted by molar-refractivity contribution is 6.05. The molecule has 0 saturated carbocycles. The van der Waals surface area contributed by atoms with Crippen molar-refractivity contribution in [3.8, 4) is 5.75 Å². The number of aryl methyl sites for hydroxylation is 2. The Morgan fingerprint density at radius 1 is 1.21 bits per heavy atom. The summed E-state index contributed by atoms with van der Waals surface area (Å²) in [7, 11) is 0. The van der Waals surface area contributed by atoms with Crippen LogP contribution in [0.3, 0.4) is 0 Å². The number of carboxylic acids is 1. The van der Waals surface area contributed by atoms with Gasteiger partial charge in [0.1, 0.15) is 5.75 Å². The second kappa shape index (κ2) is 7.21. The molecule has 1 aromatic carbocycles. The summed E-state index contributed by atoms with van der Waals surface area (Å²) in [6, 6.07) is 6.94. The van der Waals surface area contributed by atoms with E-state index in [9.17, 15) is 9.59 Å². The minimum absolute atomic E-state index is 0.162. The van der Waals surface area contributed by atoms with Gasteiger partial charge >= 0.3 is 5.97 Å². The highest BCUT2D eigenvalue weighted by Gasteiger charge is 2.16. The molecule has 128 valence electrons. The number of aromatic nitrogens is 1. The number of rotatable bonds is 6. The number of carbonyl (C=O) groups excluding carboxylic acids is 1. The Balaban J connectivity index is 2.16. The van der Waals surface area contributed by atoms with E-state index in [4.69, 9.17) is 9.84 Å². The molecular weight excluding hydrogens is 308 g/mol. The van der Waals surface area contributed by atoms with E-state index in [0.717, 1.165) is 23.5 Å². The van der Waals surface area contributed by atoms with Gasteiger partial charge in [-0.25, -0.2) is 4.79 Å². The van der Waals surface area contributed by atoms with Crippen LogP contribution in [0.2, 0.25) is 0 Å². The highest BCUT2D eigenvalue weighted by Crippen LogP contribution is 2.23. The summed E-state index contributed by atoms with van der Waals surface area (Å²) in [5.74, 6) is -0.738. The average Bonchev–Trinajstić information content (AvgIpc) is 2.81. The molecule has 0 fully saturated rings. The van der Waals surface area contributed by atoms with Crippen LogP contribution in [-0.2, 0) is 11.3 Å². The molecule has 2 N–H and O–H groups in total. The largest absolute Gasteiger partial charge is 0.482 e. The molecular formula is C18H22N2O4. The molecule has 0 bridgehead atoms. The standard InChI is InChI=1S/C18H22N2O4/c1-5-20-12(3)9-15(13(20)4)18(23)19-16-7-6-14(8-11(16)2)24-10-17(21)22/h6-9H,5,10H2,1-4H3,(H,19,23)(H,21,22). The first-order chi connectivity index (χ1) is 11.3. The van der Waals surface area contributed by atoms with E-state index in [-0.39, 0.29) is 5.91 Å². The van der Waals surface area contributed by atoms with Crippen LogP contribution < -0.4 is 10.1 Å². The molecule has 0 atom stereocenters. The Bertz CT molecular complexity index is 778. The topological polar surface area (TPSA) is 80.6 Å². The van der Waals surface area contributed by atoms with Crippen molar-refractivity contribution in [3.63, 3.8) is 0 Å². The number of anilines is 1. The third kappa shape index (κ3) is 3.76. The van der Waals surface area contributed by atoms with Crippen LogP contribution in [0.1, 0.15) is 34.2 Å². The van der Waals surface area contributed by atoms with Gasteiger partial charge in [0.05, 0.1) is 5.56 Å². The predicted molar refractivity (Wildman–Crippen MR) is 91.8 cm³/mol. The summed E-state index contributed by atoms with van der Waals surface area (Å²) in [6.07, 6.45) is 0. The molecule has 1 heterocycles. The third-order valence-electron chi connectivity index (χ3n) is 3.94. The Hall–Kier alpha value is -2.76. The lowest BCUT2D eigenvalue weighted by Gasteiger charge is -2.11. The van der Waals surface area contributed by atoms with Crippen molar-refractivity contribution >= 4 is 17.6 Å². The van der Waals surface area contributed by atoms with Gasteiger partial charge in [-0.1, -0.05) is 0 Å². The van der Waals surface area contributed by atoms with Gasteiger partial charge in [-0.3, -0.25) is 4.79 Å². The fourth-order valence-corrected chi connectivity index (χ4v) is 2.72. The zero-order valence-electron chi connectivity index (χ0n) is 14.3. The molecule has 1 aromatic heterocycles. The number of benzene rings is 1. The van der Waals surface area contributed by atoms with Gasteiger partial charge in [0.25, 0.3) is 5.91 Å². The van der Waals surface area contributed by atoms with Crippen LogP contribution in [0.25, 0.3) is 0 Å². The van der Waals surface area contributed by atoms with Gasteiger partial charge in [0.2, 0.25) is 0 Å². The summed E-state index contributed by atoms with van der Waals surface area (Å²) in [5.41, 5.74) is 4.11. The molecule has 2 rings (SSSR count). The lowest BCUT2D eigenvalue weighted by molar-refractivity contribution is -0.139. The van der Waals surface area contributed by atoms with Gasteiger partial charge in [0.15, 0.2) is 6.61 Å². The number of carboxylic acid groups (broad SMARTS) is 1. The number of ether oxygens (including phenoxy) is 1. The first-order valence-corrected chi connectivity index (χ1v) is 7.76. The van der Waals surface area contributed by atoms with Gasteiger partial charge in [-0.15, -0.1) is 0 Å². The fourth-order valence-electron chi connectivity index (χ4n) is 2.72. The number of nitrogens with zero attached hydrogens (tertiary/aromatic N) is 1. The molecule has 24 heavy (non-hydrogen) atoms. The maximum atomic E-state index is 12.5. The summed E-state index contributed by atoms with van der Waals surface area (Å²) in [4.78, 5) is 23.1. The van der Waals surface area contributed by atoms with E-state index in [0.29, 0.717) is 17.0 Å². The molecule has 6 nitrogen and oxygen atoms in total. The number of aliphatic carboxylic acids is 1. The fraction of sp³-hybridized carbons (Fsp3) is 0.333. The quantitative estimate of drug-likeness (QED) is 0.852. The van der Waals surface area contributed by atoms with E-state index in [2.05, 4.69) is 9.88 Å². The van der Waals surface area contributed by atoms with E-state index < -0.39 is 12.6 Å². The smallest absolute Gasteiger partial charge is 0.341 e. The number of nitrogens with one attached hydrogen (secondary N) is 1. The van der Waals surface area contributed by atoms with Crippen LogP contribution in [0.4, 0.5) is 5.69 Å². The molecule has 0 saturated heterocycles. The minimum Gasteiger partial charge on any atom is -0.482 e. The van der Waals surface area contributed by atoms with Gasteiger partial charge in [-0.05, 0) is 57.5 Å². The van der Waals surface area contributed by atoms with Crippen LogP contribution in [-0.4, -0.2) is 28.2 Å². The first-order valence-electron chi connectivity index (χ1n) is 7.76. The number of hydrogen-bond donors (Lipinski definition) is 2. The Morgan fingerprint density at radius 3 is 2.46 bits per heavy atom. The van der Waals surface area contributed by atoms with E-state index in [1.165, 1.54) is 0 Å². The molecule has 2 aromatic rings. The molecule has 0 aliphatic heterocycles. The lowest BCUT2D eigenvalue weighted by Crippen LogP contribution is -2.14. The van der Waals surface area contributed by atoms with E-state index in [1.807, 2.05) is 33.8 Å². The van der Waals surface area contributed by atoms with Crippen molar-refractivity contribution in [3.05, 3.63) is 46.8 Å². The van der Waals surface area contributed by atoms with Crippen molar-refractivity contribution in [1.82, 2.24) is 4.57 Å². The van der Waals surface area contributed by atoms with Crippen molar-refractivity contribution < 1.29 is 19.4 Å². The van der Waals surface area contributed by atoms with Crippen LogP contribution in [0.15, 0.2) is 24.3 Å². The van der Waals surface area contributed by atoms with Gasteiger partial charge in [-0.2, -0.15) is 0 Å². The molecule has 6 heteroatoms. The van der Waals surface area contributed by atoms with E-state index in [1.54, 1.807) is 18.2 Å². The number of hydrogen-bond acceptors (Lipinski definition) is 3. The first kappa shape index (κ1) is 17.6. The molecule has 0 unspecified atom stereocenters. The maximum Gasteiger partial charge on any atom is 0.341 e. The monoisotopic (exact) mass is 330 g/mol. The van der Waals surface area contributed by atoms with Crippen LogP contribution in [0.5, 0.6) is 5.75 Å². The number of amides is 1. The van der Waals surface area contributed by atoms with E-state index >= 15 is 0 Å². The van der Waals surface area contributed by atoms with Gasteiger partial charge in [0, 0.05) is 23.6 Å². The molecule has 0 aliphatic rings. The second-order valence-electron chi connectivity index (χ2n) is 5.64. The number of carbonyl (C=O) groups is 2. The average molecular weight is 330 g/mol. The molecule has 1 amide bonds. The Labute approximate surface area is 141 Å². The summed E-state index contributed by atoms with van der Waals surface area (Å²) < 4.78 is 7.22. The zero-order valence-corrected chi connectivity index (χ0v) is 14.3. The van der Waals surface area contributed by atoms with Crippen molar-refractivity contribution in [2.24, 2.45) is 0 Å². The van der Waals surface area contributed by atoms with Crippen LogP contribution >= 0.6 is 0 Å². The molecule has 0 radical (unpaired) electrons. The SMILES string of the molecule is CCn1c(C)cc(C(=O)Nc2ccc(OCC(=O)O)cc2C)c1C. The third-order valence-corrected chi connectivity index (χ3v) is 3.94. The zero-order chi connectivity index (χ0) is 17.9. The lowest BCUT2D eigenvalue weighted by atomic mass is 10.1. The van der Waals surface area contributed by atoms with Gasteiger partial charge < -0.3 is 19.7 Å². The summed E-state index contributed by atoms with van der Waals surface area (Å²) in [6.45, 7) is 8.21. The molecule has 0 spiro atoms. The minimum atomic E-state index is -1.03. The second-order valence-corrected chi connectivity index (χ2v) is 5.64. The van der Waals surface area contributed by atoms with Crippen molar-refractivity contribution in [2.45, 2.75) is 34.2 Å². The normalized spacial score (nSPS) is 10.5. The van der Waals surface area contributed by atoms with Crippen molar-refractivity contribution in [1.29, 1.82) is 0 Å². The Kier molecular flexibility index (Phi) is 5.28. The summed E-state index contributed by atoms with van der Waals surface area (Å²) in [5, 5.41) is 11.5. The predicted octanol–water partition coefficient (Wildman–Crippen LogP) is 3.15. The van der Waals surface area contributed by atoms with Crippen molar-refractivity contribution in [2.75, 3.05) is 11.9 Å². The summed E-state index contributed by atoms with van der Waals surface area (Å²) >= 11 is 0. The Morgan fingerprint density at radius 2 is 1.92 bits per heavy atom. The highest BCUT2D eigenvalue weighted by atomic mass is 16.5. The maximum absolute atomic E-state index is 12.5. The van der Waals surface area contributed by atoms with Crippen LogP contribution in [0, 0.1) is 20.8 Å².